The predicted octanol–water partition coefficient (Wildman–Crippen LogP) is 1.91. The van der Waals surface area contributed by atoms with Crippen LogP contribution in [0.2, 0.25) is 0 Å². The molecule has 0 aromatic heterocycles. The maximum atomic E-state index is 13.4. The van der Waals surface area contributed by atoms with Crippen LogP contribution in [0.3, 0.4) is 0 Å². The summed E-state index contributed by atoms with van der Waals surface area (Å²) in [5.41, 5.74) is -0.617. The number of likely N-dealkylation sites (tertiary alicyclic amines) is 1. The standard InChI is InChI=1S/C20H34N3O6P/c1-8-13-10-20(13,30(7,27)28)22-16(24)14-9-12(2)11-23(14)17(25)15(19(3,4)5)21-18(26)29-6/h8,12-15H,1,9-11H2,2-7H3,(H,21,26)(H,22,24)(H,27,28). The van der Waals surface area contributed by atoms with Crippen LogP contribution in [-0.2, 0) is 18.9 Å². The van der Waals surface area contributed by atoms with E-state index in [1.807, 2.05) is 27.7 Å². The smallest absolute Gasteiger partial charge is 0.407 e. The number of rotatable bonds is 6. The quantitative estimate of drug-likeness (QED) is 0.425. The molecule has 1 aliphatic carbocycles. The first-order valence-corrected chi connectivity index (χ1v) is 12.2. The lowest BCUT2D eigenvalue weighted by atomic mass is 9.85. The van der Waals surface area contributed by atoms with Crippen molar-refractivity contribution in [1.82, 2.24) is 15.5 Å². The number of nitrogens with zero attached hydrogens (tertiary/aromatic N) is 1. The van der Waals surface area contributed by atoms with Gasteiger partial charge in [-0.25, -0.2) is 4.79 Å². The topological polar surface area (TPSA) is 125 Å². The molecule has 0 radical (unpaired) electrons. The molecule has 1 saturated heterocycles. The van der Waals surface area contributed by atoms with Gasteiger partial charge in [0.1, 0.15) is 17.4 Å². The Morgan fingerprint density at radius 1 is 1.37 bits per heavy atom. The van der Waals surface area contributed by atoms with Crippen molar-refractivity contribution in [2.75, 3.05) is 20.3 Å². The molecule has 6 atom stereocenters. The second kappa shape index (κ2) is 8.35. The van der Waals surface area contributed by atoms with Crippen LogP contribution in [0.25, 0.3) is 0 Å². The van der Waals surface area contributed by atoms with Gasteiger partial charge < -0.3 is 25.2 Å². The first kappa shape index (κ1) is 24.4. The van der Waals surface area contributed by atoms with Crippen molar-refractivity contribution in [2.45, 2.75) is 57.9 Å². The summed E-state index contributed by atoms with van der Waals surface area (Å²) in [5.74, 6) is -1.06. The average molecular weight is 443 g/mol. The van der Waals surface area contributed by atoms with Crippen LogP contribution in [0.1, 0.15) is 40.5 Å². The SMILES string of the molecule is C=CC1CC1(NC(=O)C1CC(C)CN1C(=O)C(NC(=O)OC)C(C)(C)C)P(C)(=O)O. The van der Waals surface area contributed by atoms with Crippen molar-refractivity contribution in [2.24, 2.45) is 17.3 Å². The van der Waals surface area contributed by atoms with Gasteiger partial charge in [0, 0.05) is 19.1 Å². The summed E-state index contributed by atoms with van der Waals surface area (Å²) in [7, 11) is -2.41. The number of alkyl carbamates (subject to hydrolysis) is 1. The molecular formula is C20H34N3O6P. The number of methoxy groups -OCH3 is 1. The molecule has 2 rings (SSSR count). The van der Waals surface area contributed by atoms with E-state index in [1.54, 1.807) is 6.08 Å². The van der Waals surface area contributed by atoms with E-state index in [9.17, 15) is 23.8 Å². The van der Waals surface area contributed by atoms with Gasteiger partial charge in [-0.2, -0.15) is 0 Å². The van der Waals surface area contributed by atoms with Crippen LogP contribution in [0.15, 0.2) is 12.7 Å². The van der Waals surface area contributed by atoms with E-state index in [1.165, 1.54) is 18.7 Å². The molecule has 0 aromatic carbocycles. The third-order valence-electron chi connectivity index (χ3n) is 6.01. The Hall–Kier alpha value is -1.86. The molecule has 1 heterocycles. The van der Waals surface area contributed by atoms with E-state index in [0.717, 1.165) is 0 Å². The fourth-order valence-corrected chi connectivity index (χ4v) is 5.68. The molecule has 2 fully saturated rings. The molecule has 170 valence electrons. The summed E-state index contributed by atoms with van der Waals surface area (Å²) in [6.45, 7) is 12.6. The van der Waals surface area contributed by atoms with Crippen LogP contribution in [0, 0.1) is 17.3 Å². The summed E-state index contributed by atoms with van der Waals surface area (Å²) >= 11 is 0. The van der Waals surface area contributed by atoms with E-state index in [0.29, 0.717) is 19.4 Å². The Morgan fingerprint density at radius 2 is 1.97 bits per heavy atom. The molecule has 9 nitrogen and oxygen atoms in total. The van der Waals surface area contributed by atoms with Gasteiger partial charge in [0.2, 0.25) is 19.2 Å². The summed E-state index contributed by atoms with van der Waals surface area (Å²) < 4.78 is 17.1. The minimum atomic E-state index is -3.63. The molecule has 10 heteroatoms. The fourth-order valence-electron chi connectivity index (χ4n) is 4.11. The molecule has 0 aromatic rings. The van der Waals surface area contributed by atoms with Crippen LogP contribution < -0.4 is 10.6 Å². The fraction of sp³-hybridized carbons (Fsp3) is 0.750. The Morgan fingerprint density at radius 3 is 2.40 bits per heavy atom. The number of amides is 3. The maximum Gasteiger partial charge on any atom is 0.407 e. The molecule has 2 aliphatic rings. The van der Waals surface area contributed by atoms with E-state index in [4.69, 9.17) is 0 Å². The zero-order valence-corrected chi connectivity index (χ0v) is 19.5. The number of carbonyl (C=O) groups excluding carboxylic acids is 3. The van der Waals surface area contributed by atoms with Gasteiger partial charge in [0.15, 0.2) is 0 Å². The summed E-state index contributed by atoms with van der Waals surface area (Å²) in [6, 6.07) is -1.68. The molecule has 0 bridgehead atoms. The first-order valence-electron chi connectivity index (χ1n) is 10.1. The normalized spacial score (nSPS) is 31.3. The number of hydrogen-bond donors (Lipinski definition) is 3. The number of carbonyl (C=O) groups is 3. The van der Waals surface area contributed by atoms with Crippen molar-refractivity contribution < 1.29 is 28.6 Å². The Kier molecular flexibility index (Phi) is 6.79. The van der Waals surface area contributed by atoms with E-state index < -0.39 is 42.1 Å². The highest BCUT2D eigenvalue weighted by Crippen LogP contribution is 2.67. The molecule has 3 amide bonds. The summed E-state index contributed by atoms with van der Waals surface area (Å²) in [4.78, 5) is 49.9. The number of ether oxygens (including phenoxy) is 1. The lowest BCUT2D eigenvalue weighted by Crippen LogP contribution is -2.58. The van der Waals surface area contributed by atoms with Gasteiger partial charge in [0.25, 0.3) is 0 Å². The molecule has 6 unspecified atom stereocenters. The van der Waals surface area contributed by atoms with Crippen LogP contribution in [0.5, 0.6) is 0 Å². The Balaban J connectivity index is 2.26. The van der Waals surface area contributed by atoms with Gasteiger partial charge in [-0.15, -0.1) is 6.58 Å². The average Bonchev–Trinajstić information content (AvgIpc) is 3.21. The van der Waals surface area contributed by atoms with Crippen molar-refractivity contribution in [3.05, 3.63) is 12.7 Å². The van der Waals surface area contributed by atoms with Crippen molar-refractivity contribution in [3.63, 3.8) is 0 Å². The summed E-state index contributed by atoms with van der Waals surface area (Å²) in [6.07, 6.45) is 1.62. The molecule has 30 heavy (non-hydrogen) atoms. The highest BCUT2D eigenvalue weighted by atomic mass is 31.2. The molecular weight excluding hydrogens is 409 g/mol. The van der Waals surface area contributed by atoms with Crippen molar-refractivity contribution in [1.29, 1.82) is 0 Å². The van der Waals surface area contributed by atoms with E-state index >= 15 is 0 Å². The Bertz CT molecular complexity index is 773. The van der Waals surface area contributed by atoms with Gasteiger partial charge in [-0.3, -0.25) is 14.2 Å². The second-order valence-electron chi connectivity index (χ2n) is 9.62. The maximum absolute atomic E-state index is 13.4. The van der Waals surface area contributed by atoms with Gasteiger partial charge in [-0.1, -0.05) is 33.8 Å². The zero-order valence-electron chi connectivity index (χ0n) is 18.6. The largest absolute Gasteiger partial charge is 0.453 e. The van der Waals surface area contributed by atoms with E-state index in [-0.39, 0.29) is 17.7 Å². The lowest BCUT2D eigenvalue weighted by Gasteiger charge is -2.35. The number of nitrogens with one attached hydrogen (secondary N) is 2. The lowest BCUT2D eigenvalue weighted by molar-refractivity contribution is -0.142. The molecule has 1 saturated carbocycles. The molecule has 0 spiro atoms. The minimum Gasteiger partial charge on any atom is -0.453 e. The van der Waals surface area contributed by atoms with Crippen molar-refractivity contribution in [3.8, 4) is 0 Å². The summed E-state index contributed by atoms with van der Waals surface area (Å²) in [5, 5.41) is 4.11. The van der Waals surface area contributed by atoms with Gasteiger partial charge >= 0.3 is 6.09 Å². The van der Waals surface area contributed by atoms with Gasteiger partial charge in [-0.05, 0) is 24.2 Å². The van der Waals surface area contributed by atoms with E-state index in [2.05, 4.69) is 21.9 Å². The third kappa shape index (κ3) is 4.72. The van der Waals surface area contributed by atoms with Gasteiger partial charge in [0.05, 0.1) is 7.11 Å². The molecule has 1 aliphatic heterocycles. The first-order chi connectivity index (χ1) is 13.7. The second-order valence-corrected chi connectivity index (χ2v) is 12.2. The van der Waals surface area contributed by atoms with Crippen LogP contribution >= 0.6 is 7.37 Å². The third-order valence-corrected chi connectivity index (χ3v) is 8.11. The Labute approximate surface area is 178 Å². The monoisotopic (exact) mass is 443 g/mol. The van der Waals surface area contributed by atoms with Crippen LogP contribution in [-0.4, -0.2) is 65.4 Å². The highest BCUT2D eigenvalue weighted by molar-refractivity contribution is 7.59. The zero-order chi connectivity index (χ0) is 23.1. The number of hydrogen-bond acceptors (Lipinski definition) is 5. The predicted molar refractivity (Wildman–Crippen MR) is 113 cm³/mol. The highest BCUT2D eigenvalue weighted by Gasteiger charge is 2.64. The van der Waals surface area contributed by atoms with Crippen LogP contribution in [0.4, 0.5) is 4.79 Å². The molecule has 3 N–H and O–H groups in total. The van der Waals surface area contributed by atoms with Crippen molar-refractivity contribution >= 4 is 25.3 Å². The minimum absolute atomic E-state index is 0.0661.